The molecule has 2 rings (SSSR count). The van der Waals surface area contributed by atoms with Crippen molar-refractivity contribution in [2.24, 2.45) is 0 Å². The molecule has 2 aromatic carbocycles. The van der Waals surface area contributed by atoms with E-state index in [0.717, 1.165) is 0 Å². The van der Waals surface area contributed by atoms with Crippen LogP contribution >= 0.6 is 0 Å². The number of aromatic carboxylic acids is 1. The van der Waals surface area contributed by atoms with Gasteiger partial charge in [0.25, 0.3) is 5.91 Å². The summed E-state index contributed by atoms with van der Waals surface area (Å²) in [4.78, 5) is 23.3. The van der Waals surface area contributed by atoms with Gasteiger partial charge in [0.15, 0.2) is 18.1 Å². The lowest BCUT2D eigenvalue weighted by atomic mass is 10.2. The summed E-state index contributed by atoms with van der Waals surface area (Å²) in [6, 6.07) is 9.46. The van der Waals surface area contributed by atoms with Crippen LogP contribution in [0.1, 0.15) is 10.4 Å². The molecule has 0 aromatic heterocycles. The van der Waals surface area contributed by atoms with E-state index >= 15 is 0 Å². The summed E-state index contributed by atoms with van der Waals surface area (Å²) in [6.45, 7) is -0.323. The Hall–Kier alpha value is -3.42. The summed E-state index contributed by atoms with van der Waals surface area (Å²) in [5.41, 5.74) is 0.532. The minimum absolute atomic E-state index is 0.0214. The maximum absolute atomic E-state index is 12.1. The number of hydrogen-bond acceptors (Lipinski definition) is 6. The van der Waals surface area contributed by atoms with Crippen LogP contribution in [0.5, 0.6) is 23.0 Å². The van der Waals surface area contributed by atoms with Crippen molar-refractivity contribution in [2.75, 3.05) is 33.3 Å². The van der Waals surface area contributed by atoms with Crippen LogP contribution in [0, 0.1) is 0 Å². The second-order valence-corrected chi connectivity index (χ2v) is 5.08. The Morgan fingerprint density at radius 2 is 1.65 bits per heavy atom. The molecule has 0 unspecified atom stereocenters. The highest BCUT2D eigenvalue weighted by Crippen LogP contribution is 2.38. The summed E-state index contributed by atoms with van der Waals surface area (Å²) in [5.74, 6) is -0.502. The van der Waals surface area contributed by atoms with E-state index in [0.29, 0.717) is 11.4 Å². The number of methoxy groups -OCH3 is 3. The molecule has 138 valence electrons. The summed E-state index contributed by atoms with van der Waals surface area (Å²) < 4.78 is 20.9. The van der Waals surface area contributed by atoms with Crippen molar-refractivity contribution in [3.63, 3.8) is 0 Å². The van der Waals surface area contributed by atoms with Crippen LogP contribution in [0.3, 0.4) is 0 Å². The molecule has 0 radical (unpaired) electrons. The second kappa shape index (κ2) is 8.61. The van der Waals surface area contributed by atoms with Gasteiger partial charge in [-0.25, -0.2) is 4.79 Å². The molecule has 0 aliphatic carbocycles. The van der Waals surface area contributed by atoms with Crippen LogP contribution < -0.4 is 24.3 Å². The summed E-state index contributed by atoms with van der Waals surface area (Å²) in [7, 11) is 4.26. The first kappa shape index (κ1) is 18.9. The van der Waals surface area contributed by atoms with E-state index in [4.69, 9.17) is 24.1 Å². The maximum Gasteiger partial charge on any atom is 0.335 e. The highest BCUT2D eigenvalue weighted by atomic mass is 16.5. The number of carbonyl (C=O) groups excluding carboxylic acids is 1. The minimum Gasteiger partial charge on any atom is -0.497 e. The molecule has 0 atom stereocenters. The largest absolute Gasteiger partial charge is 0.497 e. The smallest absolute Gasteiger partial charge is 0.335 e. The lowest BCUT2D eigenvalue weighted by Crippen LogP contribution is -2.20. The van der Waals surface area contributed by atoms with Crippen LogP contribution in [0.4, 0.5) is 5.69 Å². The lowest BCUT2D eigenvalue weighted by molar-refractivity contribution is -0.118. The Morgan fingerprint density at radius 3 is 2.19 bits per heavy atom. The minimum atomic E-state index is -1.14. The number of amides is 1. The summed E-state index contributed by atoms with van der Waals surface area (Å²) in [6.07, 6.45) is 0. The van der Waals surface area contributed by atoms with Crippen LogP contribution in [0.2, 0.25) is 0 Å². The van der Waals surface area contributed by atoms with Gasteiger partial charge in [-0.3, -0.25) is 4.79 Å². The topological polar surface area (TPSA) is 103 Å². The molecule has 0 aliphatic rings. The van der Waals surface area contributed by atoms with Crippen LogP contribution in [-0.4, -0.2) is 44.9 Å². The van der Waals surface area contributed by atoms with Crippen LogP contribution in [-0.2, 0) is 4.79 Å². The van der Waals surface area contributed by atoms with Gasteiger partial charge < -0.3 is 29.4 Å². The third-order valence-corrected chi connectivity index (χ3v) is 3.41. The van der Waals surface area contributed by atoms with Gasteiger partial charge in [0.1, 0.15) is 5.75 Å². The molecule has 26 heavy (non-hydrogen) atoms. The predicted octanol–water partition coefficient (Wildman–Crippen LogP) is 2.43. The molecule has 0 aliphatic heterocycles. The monoisotopic (exact) mass is 361 g/mol. The van der Waals surface area contributed by atoms with Crippen molar-refractivity contribution in [3.8, 4) is 23.0 Å². The number of nitrogens with one attached hydrogen (secondary N) is 1. The van der Waals surface area contributed by atoms with Crippen molar-refractivity contribution in [1.82, 2.24) is 0 Å². The van der Waals surface area contributed by atoms with Crippen molar-refractivity contribution in [3.05, 3.63) is 42.0 Å². The van der Waals surface area contributed by atoms with Gasteiger partial charge in [-0.05, 0) is 24.3 Å². The zero-order valence-corrected chi connectivity index (χ0v) is 14.6. The first-order valence-electron chi connectivity index (χ1n) is 7.54. The SMILES string of the molecule is COc1cccc(NC(=O)COc2c(OC)cc(C(=O)O)cc2OC)c1. The second-order valence-electron chi connectivity index (χ2n) is 5.08. The summed E-state index contributed by atoms with van der Waals surface area (Å²) in [5, 5.41) is 11.8. The quantitative estimate of drug-likeness (QED) is 0.744. The number of hydrogen-bond donors (Lipinski definition) is 2. The van der Waals surface area contributed by atoms with Crippen LogP contribution in [0.25, 0.3) is 0 Å². The molecular formula is C18H19NO7. The van der Waals surface area contributed by atoms with Gasteiger partial charge in [0, 0.05) is 11.8 Å². The van der Waals surface area contributed by atoms with Crippen molar-refractivity contribution >= 4 is 17.6 Å². The third-order valence-electron chi connectivity index (χ3n) is 3.41. The molecule has 2 N–H and O–H groups in total. The average molecular weight is 361 g/mol. The molecule has 2 aromatic rings. The van der Waals surface area contributed by atoms with Gasteiger partial charge in [-0.2, -0.15) is 0 Å². The van der Waals surface area contributed by atoms with E-state index in [1.807, 2.05) is 0 Å². The number of carbonyl (C=O) groups is 2. The zero-order chi connectivity index (χ0) is 19.1. The summed E-state index contributed by atoms with van der Waals surface area (Å²) >= 11 is 0. The standard InChI is InChI=1S/C18H19NO7/c1-23-13-6-4-5-12(9-13)19-16(20)10-26-17-14(24-2)7-11(18(21)22)8-15(17)25-3/h4-9H,10H2,1-3H3,(H,19,20)(H,21,22). The number of anilines is 1. The van der Waals surface area contributed by atoms with Crippen molar-refractivity contribution < 1.29 is 33.6 Å². The maximum atomic E-state index is 12.1. The highest BCUT2D eigenvalue weighted by molar-refractivity contribution is 5.92. The fourth-order valence-electron chi connectivity index (χ4n) is 2.18. The molecule has 1 amide bonds. The lowest BCUT2D eigenvalue weighted by Gasteiger charge is -2.15. The molecule has 0 heterocycles. The molecule has 0 fully saturated rings. The molecule has 0 spiro atoms. The van der Waals surface area contributed by atoms with E-state index in [-0.39, 0.29) is 29.4 Å². The Morgan fingerprint density at radius 1 is 1.00 bits per heavy atom. The molecule has 8 heteroatoms. The molecule has 0 saturated heterocycles. The van der Waals surface area contributed by atoms with Gasteiger partial charge in [0.05, 0.1) is 26.9 Å². The highest BCUT2D eigenvalue weighted by Gasteiger charge is 2.18. The first-order valence-corrected chi connectivity index (χ1v) is 7.54. The molecule has 0 bridgehead atoms. The number of carboxylic acid groups (broad SMARTS) is 1. The van der Waals surface area contributed by atoms with E-state index in [1.165, 1.54) is 33.5 Å². The van der Waals surface area contributed by atoms with Gasteiger partial charge in [-0.1, -0.05) is 6.07 Å². The first-order chi connectivity index (χ1) is 12.5. The van der Waals surface area contributed by atoms with Crippen molar-refractivity contribution in [1.29, 1.82) is 0 Å². The van der Waals surface area contributed by atoms with Crippen LogP contribution in [0.15, 0.2) is 36.4 Å². The average Bonchev–Trinajstić information content (AvgIpc) is 2.65. The predicted molar refractivity (Wildman–Crippen MR) is 93.6 cm³/mol. The number of rotatable bonds is 8. The fraction of sp³-hybridized carbons (Fsp3) is 0.222. The Balaban J connectivity index is 2.12. The van der Waals surface area contributed by atoms with Gasteiger partial charge in [-0.15, -0.1) is 0 Å². The van der Waals surface area contributed by atoms with E-state index in [2.05, 4.69) is 5.32 Å². The number of ether oxygens (including phenoxy) is 4. The van der Waals surface area contributed by atoms with Gasteiger partial charge in [0.2, 0.25) is 5.75 Å². The number of benzene rings is 2. The molecular weight excluding hydrogens is 342 g/mol. The Bertz CT molecular complexity index is 779. The van der Waals surface area contributed by atoms with Crippen molar-refractivity contribution in [2.45, 2.75) is 0 Å². The zero-order valence-electron chi connectivity index (χ0n) is 14.6. The fourth-order valence-corrected chi connectivity index (χ4v) is 2.18. The van der Waals surface area contributed by atoms with E-state index in [1.54, 1.807) is 24.3 Å². The normalized spacial score (nSPS) is 9.96. The molecule has 0 saturated carbocycles. The Labute approximate surface area is 150 Å². The third kappa shape index (κ3) is 4.56. The Kier molecular flexibility index (Phi) is 6.26. The van der Waals surface area contributed by atoms with Gasteiger partial charge >= 0.3 is 5.97 Å². The number of carboxylic acids is 1. The molecule has 8 nitrogen and oxygen atoms in total. The van der Waals surface area contributed by atoms with E-state index in [9.17, 15) is 9.59 Å². The van der Waals surface area contributed by atoms with E-state index < -0.39 is 11.9 Å².